The van der Waals surface area contributed by atoms with Gasteiger partial charge in [0.25, 0.3) is 0 Å². The summed E-state index contributed by atoms with van der Waals surface area (Å²) in [6.45, 7) is 1.74. The molecule has 0 aliphatic heterocycles. The fourth-order valence-corrected chi connectivity index (χ4v) is 2.92. The van der Waals surface area contributed by atoms with Crippen LogP contribution in [0.4, 0.5) is 0 Å². The summed E-state index contributed by atoms with van der Waals surface area (Å²) in [6.07, 6.45) is 4.15. The fourth-order valence-electron chi connectivity index (χ4n) is 1.48. The van der Waals surface area contributed by atoms with Gasteiger partial charge in [0.2, 0.25) is 0 Å². The molecular weight excluding hydrogens is 244 g/mol. The van der Waals surface area contributed by atoms with Gasteiger partial charge in [-0.3, -0.25) is 0 Å². The van der Waals surface area contributed by atoms with E-state index in [1.54, 1.807) is 6.92 Å². The molecule has 1 fully saturated rings. The van der Waals surface area contributed by atoms with Gasteiger partial charge >= 0.3 is 5.97 Å². The molecule has 0 saturated heterocycles. The Morgan fingerprint density at radius 3 is 2.62 bits per heavy atom. The van der Waals surface area contributed by atoms with E-state index in [0.29, 0.717) is 16.6 Å². The standard InChI is InChI=1S/C10H12N2O2S2/c1-5-7(10(13)14)9(16-15-2)12-8(11-5)6-3-4-6/h6H,3-4H2,1-2H3,(H,13,14). The van der Waals surface area contributed by atoms with Crippen LogP contribution >= 0.6 is 21.6 Å². The average molecular weight is 256 g/mol. The van der Waals surface area contributed by atoms with Crippen LogP contribution < -0.4 is 0 Å². The van der Waals surface area contributed by atoms with Crippen molar-refractivity contribution in [1.82, 2.24) is 9.97 Å². The van der Waals surface area contributed by atoms with Crippen LogP contribution in [-0.4, -0.2) is 27.3 Å². The molecule has 2 rings (SSSR count). The molecule has 1 aromatic heterocycles. The lowest BCUT2D eigenvalue weighted by Crippen LogP contribution is -2.08. The number of aryl methyl sites for hydroxylation is 1. The molecule has 0 atom stereocenters. The van der Waals surface area contributed by atoms with Crippen molar-refractivity contribution in [1.29, 1.82) is 0 Å². The highest BCUT2D eigenvalue weighted by atomic mass is 33.1. The van der Waals surface area contributed by atoms with Crippen molar-refractivity contribution in [2.45, 2.75) is 30.7 Å². The molecule has 0 unspecified atom stereocenters. The number of rotatable bonds is 4. The van der Waals surface area contributed by atoms with Gasteiger partial charge in [-0.1, -0.05) is 10.8 Å². The largest absolute Gasteiger partial charge is 0.478 e. The van der Waals surface area contributed by atoms with Crippen LogP contribution in [0.25, 0.3) is 0 Å². The molecule has 0 radical (unpaired) electrons. The number of hydrogen-bond donors (Lipinski definition) is 1. The molecule has 0 bridgehead atoms. The molecule has 6 heteroatoms. The molecule has 1 aliphatic rings. The molecule has 0 spiro atoms. The molecule has 0 amide bonds. The van der Waals surface area contributed by atoms with Gasteiger partial charge in [-0.25, -0.2) is 14.8 Å². The van der Waals surface area contributed by atoms with E-state index in [4.69, 9.17) is 5.11 Å². The molecule has 16 heavy (non-hydrogen) atoms. The maximum atomic E-state index is 11.1. The Morgan fingerprint density at radius 1 is 1.44 bits per heavy atom. The summed E-state index contributed by atoms with van der Waals surface area (Å²) in [5, 5.41) is 9.69. The van der Waals surface area contributed by atoms with Gasteiger partial charge < -0.3 is 5.11 Å². The molecule has 1 heterocycles. The van der Waals surface area contributed by atoms with Crippen LogP contribution in [0.2, 0.25) is 0 Å². The molecule has 4 nitrogen and oxygen atoms in total. The second-order valence-corrected chi connectivity index (χ2v) is 6.06. The summed E-state index contributed by atoms with van der Waals surface area (Å²) in [5.74, 6) is 0.304. The summed E-state index contributed by atoms with van der Waals surface area (Å²) < 4.78 is 0. The van der Waals surface area contributed by atoms with Crippen molar-refractivity contribution >= 4 is 27.6 Å². The van der Waals surface area contributed by atoms with Crippen molar-refractivity contribution < 1.29 is 9.90 Å². The lowest BCUT2D eigenvalue weighted by atomic mass is 10.2. The van der Waals surface area contributed by atoms with Gasteiger partial charge in [0.15, 0.2) is 0 Å². The van der Waals surface area contributed by atoms with E-state index >= 15 is 0 Å². The van der Waals surface area contributed by atoms with Crippen LogP contribution in [0.1, 0.15) is 40.6 Å². The third kappa shape index (κ3) is 2.32. The van der Waals surface area contributed by atoms with E-state index in [1.807, 2.05) is 6.26 Å². The number of hydrogen-bond acceptors (Lipinski definition) is 5. The summed E-state index contributed by atoms with van der Waals surface area (Å²) >= 11 is 0. The van der Waals surface area contributed by atoms with Crippen molar-refractivity contribution in [3.8, 4) is 0 Å². The first kappa shape index (κ1) is 11.7. The molecule has 0 aromatic carbocycles. The van der Waals surface area contributed by atoms with Crippen LogP contribution in [0.5, 0.6) is 0 Å². The Bertz CT molecular complexity index is 433. The monoisotopic (exact) mass is 256 g/mol. The first-order valence-corrected chi connectivity index (χ1v) is 7.51. The first-order valence-electron chi connectivity index (χ1n) is 4.96. The lowest BCUT2D eigenvalue weighted by Gasteiger charge is -2.08. The number of carbonyl (C=O) groups is 1. The van der Waals surface area contributed by atoms with Gasteiger partial charge in [-0.2, -0.15) is 0 Å². The minimum atomic E-state index is -0.948. The predicted octanol–water partition coefficient (Wildman–Crippen LogP) is 2.73. The Kier molecular flexibility index (Phi) is 3.39. The highest BCUT2D eigenvalue weighted by molar-refractivity contribution is 8.76. The molecule has 86 valence electrons. The lowest BCUT2D eigenvalue weighted by molar-refractivity contribution is 0.0690. The normalized spacial score (nSPS) is 15.1. The van der Waals surface area contributed by atoms with Crippen molar-refractivity contribution in [2.75, 3.05) is 6.26 Å². The van der Waals surface area contributed by atoms with Gasteiger partial charge in [-0.15, -0.1) is 0 Å². The first-order chi connectivity index (χ1) is 7.63. The Morgan fingerprint density at radius 2 is 2.12 bits per heavy atom. The number of carboxylic acid groups (broad SMARTS) is 1. The van der Waals surface area contributed by atoms with Gasteiger partial charge in [0, 0.05) is 5.92 Å². The molecular formula is C10H12N2O2S2. The topological polar surface area (TPSA) is 63.1 Å². The minimum absolute atomic E-state index is 0.240. The Labute approximate surface area is 102 Å². The fraction of sp³-hybridized carbons (Fsp3) is 0.500. The smallest absolute Gasteiger partial charge is 0.340 e. The minimum Gasteiger partial charge on any atom is -0.478 e. The molecule has 1 N–H and O–H groups in total. The zero-order valence-corrected chi connectivity index (χ0v) is 10.7. The highest BCUT2D eigenvalue weighted by Crippen LogP contribution is 2.40. The van der Waals surface area contributed by atoms with Crippen molar-refractivity contribution in [3.05, 3.63) is 17.1 Å². The Balaban J connectivity index is 2.46. The van der Waals surface area contributed by atoms with Crippen LogP contribution in [0.3, 0.4) is 0 Å². The zero-order chi connectivity index (χ0) is 11.7. The number of aromatic nitrogens is 2. The SMILES string of the molecule is CSSc1nc(C2CC2)nc(C)c1C(=O)O. The van der Waals surface area contributed by atoms with E-state index in [2.05, 4.69) is 9.97 Å². The van der Waals surface area contributed by atoms with Crippen LogP contribution in [-0.2, 0) is 0 Å². The number of nitrogens with zero attached hydrogens (tertiary/aromatic N) is 2. The predicted molar refractivity (Wildman–Crippen MR) is 65.1 cm³/mol. The van der Waals surface area contributed by atoms with Crippen LogP contribution in [0.15, 0.2) is 5.03 Å². The zero-order valence-electron chi connectivity index (χ0n) is 9.06. The maximum absolute atomic E-state index is 11.1. The Hall–Kier alpha value is -0.750. The highest BCUT2D eigenvalue weighted by Gasteiger charge is 2.29. The summed E-state index contributed by atoms with van der Waals surface area (Å²) in [6, 6.07) is 0. The van der Waals surface area contributed by atoms with Crippen molar-refractivity contribution in [3.63, 3.8) is 0 Å². The van der Waals surface area contributed by atoms with Gasteiger partial charge in [-0.05, 0) is 36.8 Å². The van der Waals surface area contributed by atoms with Crippen molar-refractivity contribution in [2.24, 2.45) is 0 Å². The molecule has 1 aromatic rings. The number of carboxylic acids is 1. The third-order valence-electron chi connectivity index (χ3n) is 2.39. The van der Waals surface area contributed by atoms with E-state index in [0.717, 1.165) is 18.7 Å². The van der Waals surface area contributed by atoms with E-state index in [-0.39, 0.29) is 5.56 Å². The summed E-state index contributed by atoms with van der Waals surface area (Å²) in [4.78, 5) is 19.8. The van der Waals surface area contributed by atoms with E-state index < -0.39 is 5.97 Å². The van der Waals surface area contributed by atoms with E-state index in [1.165, 1.54) is 21.6 Å². The third-order valence-corrected chi connectivity index (χ3v) is 3.99. The van der Waals surface area contributed by atoms with Crippen LogP contribution in [0, 0.1) is 6.92 Å². The van der Waals surface area contributed by atoms with E-state index in [9.17, 15) is 4.79 Å². The van der Waals surface area contributed by atoms with Gasteiger partial charge in [0.05, 0.1) is 5.69 Å². The second kappa shape index (κ2) is 4.63. The second-order valence-electron chi connectivity index (χ2n) is 3.68. The summed E-state index contributed by atoms with van der Waals surface area (Å²) in [7, 11) is 2.89. The van der Waals surface area contributed by atoms with Gasteiger partial charge in [0.1, 0.15) is 16.4 Å². The maximum Gasteiger partial charge on any atom is 0.340 e. The average Bonchev–Trinajstić information content (AvgIpc) is 2.99. The summed E-state index contributed by atoms with van der Waals surface area (Å²) in [5.41, 5.74) is 0.810. The number of aromatic carboxylic acids is 1. The quantitative estimate of drug-likeness (QED) is 0.660. The molecule has 1 aliphatic carbocycles. The molecule has 1 saturated carbocycles.